The first-order valence-corrected chi connectivity index (χ1v) is 12.7. The van der Waals surface area contributed by atoms with Gasteiger partial charge >= 0.3 is 10.2 Å². The van der Waals surface area contributed by atoms with Gasteiger partial charge in [-0.05, 0) is 57.0 Å². The van der Waals surface area contributed by atoms with Gasteiger partial charge in [0.05, 0.1) is 25.3 Å². The smallest absolute Gasteiger partial charge is 0.304 e. The number of rotatable bonds is 10. The molecule has 1 N–H and O–H groups in total. The number of para-hydroxylation sites is 1. The third kappa shape index (κ3) is 5.97. The number of carbonyl (C=O) groups excluding carboxylic acids is 1. The number of amides is 1. The predicted octanol–water partition coefficient (Wildman–Crippen LogP) is 3.19. The van der Waals surface area contributed by atoms with Gasteiger partial charge in [-0.1, -0.05) is 18.2 Å². The van der Waals surface area contributed by atoms with Gasteiger partial charge in [0.2, 0.25) is 5.91 Å². The first kappa shape index (κ1) is 24.9. The summed E-state index contributed by atoms with van der Waals surface area (Å²) in [5, 5.41) is 2.94. The van der Waals surface area contributed by atoms with Crippen LogP contribution in [-0.2, 0) is 21.5 Å². The molecule has 0 spiro atoms. The first-order valence-electron chi connectivity index (χ1n) is 11.3. The van der Waals surface area contributed by atoms with Crippen LogP contribution >= 0.6 is 0 Å². The second kappa shape index (κ2) is 11.4. The average molecular weight is 476 g/mol. The Morgan fingerprint density at radius 2 is 1.88 bits per heavy atom. The Morgan fingerprint density at radius 1 is 1.15 bits per heavy atom. The minimum absolute atomic E-state index is 0.148. The van der Waals surface area contributed by atoms with Gasteiger partial charge in [0.15, 0.2) is 0 Å². The van der Waals surface area contributed by atoms with E-state index in [1.807, 2.05) is 31.2 Å². The lowest BCUT2D eigenvalue weighted by atomic mass is 9.98. The highest BCUT2D eigenvalue weighted by molar-refractivity contribution is 7.90. The maximum atomic E-state index is 13.4. The Labute approximate surface area is 196 Å². The molecule has 8 nitrogen and oxygen atoms in total. The van der Waals surface area contributed by atoms with Crippen molar-refractivity contribution >= 4 is 21.8 Å². The van der Waals surface area contributed by atoms with Crippen molar-refractivity contribution in [3.05, 3.63) is 54.1 Å². The van der Waals surface area contributed by atoms with E-state index in [0.29, 0.717) is 49.7 Å². The van der Waals surface area contributed by atoms with Crippen molar-refractivity contribution in [2.75, 3.05) is 37.7 Å². The molecule has 2 aromatic carbocycles. The fourth-order valence-corrected chi connectivity index (χ4v) is 5.76. The molecule has 0 bridgehead atoms. The third-order valence-electron chi connectivity index (χ3n) is 5.73. The van der Waals surface area contributed by atoms with Crippen molar-refractivity contribution in [2.45, 2.75) is 33.2 Å². The van der Waals surface area contributed by atoms with E-state index >= 15 is 0 Å². The molecule has 3 rings (SSSR count). The Hall–Kier alpha value is -2.78. The zero-order valence-corrected chi connectivity index (χ0v) is 20.3. The number of hydrogen-bond donors (Lipinski definition) is 1. The summed E-state index contributed by atoms with van der Waals surface area (Å²) >= 11 is 0. The van der Waals surface area contributed by atoms with Gasteiger partial charge < -0.3 is 14.8 Å². The molecule has 1 aliphatic rings. The first-order chi connectivity index (χ1) is 15.9. The monoisotopic (exact) mass is 475 g/mol. The third-order valence-corrected chi connectivity index (χ3v) is 7.74. The summed E-state index contributed by atoms with van der Waals surface area (Å²) in [5.74, 6) is 0.853. The summed E-state index contributed by atoms with van der Waals surface area (Å²) in [6.45, 7) is 5.42. The summed E-state index contributed by atoms with van der Waals surface area (Å²) in [6, 6.07) is 14.5. The van der Waals surface area contributed by atoms with Crippen LogP contribution in [0.4, 0.5) is 5.69 Å². The van der Waals surface area contributed by atoms with Gasteiger partial charge in [0, 0.05) is 31.7 Å². The molecule has 1 atom stereocenters. The molecular weight excluding hydrogens is 442 g/mol. The van der Waals surface area contributed by atoms with Crippen LogP contribution in [0.15, 0.2) is 48.5 Å². The average Bonchev–Trinajstić information content (AvgIpc) is 2.84. The second-order valence-corrected chi connectivity index (χ2v) is 9.68. The number of methoxy groups -OCH3 is 1. The standard InChI is InChI=1S/C24H33N3O5S/c1-4-27(21-12-14-22(15-13-21)32-5-2)33(29,30)26-16-8-10-20(18-26)24(28)25-17-19-9-6-7-11-23(19)31-3/h6-7,9,11-15,20H,4-5,8,10,16-18H2,1-3H3,(H,25,28). The molecule has 2 aromatic rings. The lowest BCUT2D eigenvalue weighted by molar-refractivity contribution is -0.126. The molecular formula is C24H33N3O5S. The summed E-state index contributed by atoms with van der Waals surface area (Å²) in [5.41, 5.74) is 1.45. The molecule has 1 amide bonds. The molecule has 0 aromatic heterocycles. The number of carbonyl (C=O) groups is 1. The number of benzene rings is 2. The number of hydrogen-bond acceptors (Lipinski definition) is 5. The van der Waals surface area contributed by atoms with Crippen molar-refractivity contribution in [3.8, 4) is 11.5 Å². The fraction of sp³-hybridized carbons (Fsp3) is 0.458. The highest BCUT2D eigenvalue weighted by Gasteiger charge is 2.35. The molecule has 0 saturated carbocycles. The van der Waals surface area contributed by atoms with E-state index in [4.69, 9.17) is 9.47 Å². The fourth-order valence-electron chi connectivity index (χ4n) is 4.04. The Morgan fingerprint density at radius 3 is 2.55 bits per heavy atom. The normalized spacial score (nSPS) is 16.8. The Kier molecular flexibility index (Phi) is 8.57. The van der Waals surface area contributed by atoms with Crippen molar-refractivity contribution in [3.63, 3.8) is 0 Å². The molecule has 9 heteroatoms. The highest BCUT2D eigenvalue weighted by atomic mass is 32.2. The van der Waals surface area contributed by atoms with Gasteiger partial charge in [0.25, 0.3) is 0 Å². The lowest BCUT2D eigenvalue weighted by Crippen LogP contribution is -2.50. The molecule has 180 valence electrons. The number of piperidine rings is 1. The van der Waals surface area contributed by atoms with E-state index in [1.165, 1.54) is 8.61 Å². The van der Waals surface area contributed by atoms with Crippen LogP contribution in [0.5, 0.6) is 11.5 Å². The van der Waals surface area contributed by atoms with Crippen molar-refractivity contribution in [1.29, 1.82) is 0 Å². The predicted molar refractivity (Wildman–Crippen MR) is 129 cm³/mol. The van der Waals surface area contributed by atoms with Gasteiger partial charge in [-0.15, -0.1) is 0 Å². The zero-order chi connectivity index (χ0) is 23.8. The SMILES string of the molecule is CCOc1ccc(N(CC)S(=O)(=O)N2CCCC(C(=O)NCc3ccccc3OC)C2)cc1. The van der Waals surface area contributed by atoms with Crippen LogP contribution in [0.3, 0.4) is 0 Å². The van der Waals surface area contributed by atoms with Crippen LogP contribution in [0.25, 0.3) is 0 Å². The minimum atomic E-state index is -3.77. The highest BCUT2D eigenvalue weighted by Crippen LogP contribution is 2.27. The Bertz CT molecular complexity index is 1030. The summed E-state index contributed by atoms with van der Waals surface area (Å²) in [4.78, 5) is 12.9. The summed E-state index contributed by atoms with van der Waals surface area (Å²) in [6.07, 6.45) is 1.28. The summed E-state index contributed by atoms with van der Waals surface area (Å²) < 4.78 is 40.4. The van der Waals surface area contributed by atoms with Crippen LogP contribution in [0.1, 0.15) is 32.3 Å². The molecule has 1 saturated heterocycles. The number of nitrogens with zero attached hydrogens (tertiary/aromatic N) is 2. The molecule has 0 radical (unpaired) electrons. The van der Waals surface area contributed by atoms with Crippen LogP contribution in [0, 0.1) is 5.92 Å². The van der Waals surface area contributed by atoms with Gasteiger partial charge in [-0.3, -0.25) is 9.10 Å². The van der Waals surface area contributed by atoms with E-state index in [9.17, 15) is 13.2 Å². The topological polar surface area (TPSA) is 88.2 Å². The molecule has 1 aliphatic heterocycles. The largest absolute Gasteiger partial charge is 0.496 e. The van der Waals surface area contributed by atoms with E-state index in [2.05, 4.69) is 5.32 Å². The quantitative estimate of drug-likeness (QED) is 0.570. The Balaban J connectivity index is 1.67. The van der Waals surface area contributed by atoms with E-state index < -0.39 is 16.1 Å². The van der Waals surface area contributed by atoms with E-state index in [1.54, 1.807) is 38.3 Å². The molecule has 1 heterocycles. The maximum absolute atomic E-state index is 13.4. The van der Waals surface area contributed by atoms with E-state index in [0.717, 1.165) is 5.56 Å². The lowest BCUT2D eigenvalue weighted by Gasteiger charge is -2.35. The van der Waals surface area contributed by atoms with Crippen LogP contribution < -0.4 is 19.1 Å². The van der Waals surface area contributed by atoms with Gasteiger partial charge in [-0.25, -0.2) is 0 Å². The molecule has 1 fully saturated rings. The maximum Gasteiger partial charge on any atom is 0.304 e. The molecule has 1 unspecified atom stereocenters. The molecule has 33 heavy (non-hydrogen) atoms. The van der Waals surface area contributed by atoms with Crippen molar-refractivity contribution in [1.82, 2.24) is 9.62 Å². The van der Waals surface area contributed by atoms with Crippen molar-refractivity contribution in [2.24, 2.45) is 5.92 Å². The number of anilines is 1. The van der Waals surface area contributed by atoms with Gasteiger partial charge in [0.1, 0.15) is 11.5 Å². The molecule has 0 aliphatic carbocycles. The van der Waals surface area contributed by atoms with Crippen LogP contribution in [0.2, 0.25) is 0 Å². The van der Waals surface area contributed by atoms with E-state index in [-0.39, 0.29) is 19.0 Å². The van der Waals surface area contributed by atoms with Gasteiger partial charge in [-0.2, -0.15) is 12.7 Å². The minimum Gasteiger partial charge on any atom is -0.496 e. The second-order valence-electron chi connectivity index (χ2n) is 7.83. The number of ether oxygens (including phenoxy) is 2. The van der Waals surface area contributed by atoms with Crippen LogP contribution in [-0.4, -0.2) is 52.0 Å². The zero-order valence-electron chi connectivity index (χ0n) is 19.5. The van der Waals surface area contributed by atoms with Crippen molar-refractivity contribution < 1.29 is 22.7 Å². The number of nitrogens with one attached hydrogen (secondary N) is 1. The summed E-state index contributed by atoms with van der Waals surface area (Å²) in [7, 11) is -2.18.